The molecule has 2 heterocycles. The lowest BCUT2D eigenvalue weighted by Crippen LogP contribution is -2.23. The van der Waals surface area contributed by atoms with Crippen molar-refractivity contribution in [2.45, 2.75) is 25.5 Å². The van der Waals surface area contributed by atoms with Gasteiger partial charge in [0.15, 0.2) is 5.82 Å². The first-order chi connectivity index (χ1) is 8.16. The summed E-state index contributed by atoms with van der Waals surface area (Å²) in [5, 5.41) is 13.1. The van der Waals surface area contributed by atoms with Crippen LogP contribution in [0.25, 0.3) is 0 Å². The third-order valence-electron chi connectivity index (χ3n) is 2.40. The van der Waals surface area contributed by atoms with Crippen LogP contribution in [0.4, 0.5) is 0 Å². The molecule has 2 aromatic rings. The minimum atomic E-state index is -0.718. The van der Waals surface area contributed by atoms with Gasteiger partial charge in [-0.1, -0.05) is 5.16 Å². The van der Waals surface area contributed by atoms with E-state index >= 15 is 0 Å². The van der Waals surface area contributed by atoms with Crippen LogP contribution in [-0.2, 0) is 6.42 Å². The Morgan fingerprint density at radius 2 is 2.12 bits per heavy atom. The Hall–Kier alpha value is -1.79. The van der Waals surface area contributed by atoms with E-state index in [9.17, 15) is 5.11 Å². The van der Waals surface area contributed by atoms with E-state index in [1.165, 1.54) is 0 Å². The zero-order valence-electron chi connectivity index (χ0n) is 9.45. The highest BCUT2D eigenvalue weighted by Crippen LogP contribution is 2.13. The van der Waals surface area contributed by atoms with Crippen molar-refractivity contribution in [1.29, 1.82) is 0 Å². The second-order valence-corrected chi connectivity index (χ2v) is 3.85. The van der Waals surface area contributed by atoms with E-state index in [0.29, 0.717) is 12.2 Å². The van der Waals surface area contributed by atoms with Crippen molar-refractivity contribution >= 4 is 0 Å². The lowest BCUT2D eigenvalue weighted by Gasteiger charge is -2.08. The molecule has 0 aliphatic heterocycles. The summed E-state index contributed by atoms with van der Waals surface area (Å²) in [5.74, 6) is 0.798. The zero-order chi connectivity index (χ0) is 12.3. The number of nitrogens with zero attached hydrogens (tertiary/aromatic N) is 3. The molecule has 6 nitrogen and oxygen atoms in total. The summed E-state index contributed by atoms with van der Waals surface area (Å²) in [6.45, 7) is 1.58. The van der Waals surface area contributed by atoms with Crippen molar-refractivity contribution in [3.63, 3.8) is 0 Å². The third-order valence-corrected chi connectivity index (χ3v) is 2.40. The quantitative estimate of drug-likeness (QED) is 0.796. The van der Waals surface area contributed by atoms with E-state index in [4.69, 9.17) is 10.3 Å². The molecule has 90 valence electrons. The smallest absolute Gasteiger partial charge is 0.246 e. The highest BCUT2D eigenvalue weighted by Gasteiger charge is 2.19. The summed E-state index contributed by atoms with van der Waals surface area (Å²) in [7, 11) is 0. The largest absolute Gasteiger partial charge is 0.391 e. The molecule has 0 spiro atoms. The number of rotatable bonds is 4. The molecule has 0 saturated carbocycles. The second-order valence-electron chi connectivity index (χ2n) is 3.85. The average molecular weight is 234 g/mol. The first kappa shape index (κ1) is 11.7. The normalized spacial score (nSPS) is 14.5. The van der Waals surface area contributed by atoms with E-state index in [0.717, 1.165) is 5.56 Å². The maximum Gasteiger partial charge on any atom is 0.246 e. The Balaban J connectivity index is 2.09. The fourth-order valence-electron chi connectivity index (χ4n) is 1.36. The number of hydrogen-bond acceptors (Lipinski definition) is 6. The Morgan fingerprint density at radius 1 is 1.41 bits per heavy atom. The first-order valence-corrected chi connectivity index (χ1v) is 5.32. The Labute approximate surface area is 98.5 Å². The third kappa shape index (κ3) is 2.86. The van der Waals surface area contributed by atoms with Gasteiger partial charge in [0.1, 0.15) is 6.04 Å². The van der Waals surface area contributed by atoms with E-state index in [-0.39, 0.29) is 5.89 Å². The minimum absolute atomic E-state index is 0.254. The second kappa shape index (κ2) is 5.03. The zero-order valence-corrected chi connectivity index (χ0v) is 9.45. The predicted molar refractivity (Wildman–Crippen MR) is 60.0 cm³/mol. The van der Waals surface area contributed by atoms with Gasteiger partial charge in [-0.2, -0.15) is 4.98 Å². The summed E-state index contributed by atoms with van der Waals surface area (Å²) < 4.78 is 5.00. The van der Waals surface area contributed by atoms with E-state index in [2.05, 4.69) is 15.1 Å². The molecule has 6 heteroatoms. The van der Waals surface area contributed by atoms with Gasteiger partial charge in [-0.25, -0.2) is 0 Å². The number of nitrogens with two attached hydrogens (primary N) is 1. The van der Waals surface area contributed by atoms with Gasteiger partial charge in [-0.05, 0) is 24.6 Å². The highest BCUT2D eigenvalue weighted by atomic mass is 16.5. The summed E-state index contributed by atoms with van der Waals surface area (Å²) >= 11 is 0. The van der Waals surface area contributed by atoms with Gasteiger partial charge in [0.25, 0.3) is 0 Å². The monoisotopic (exact) mass is 234 g/mol. The fraction of sp³-hybridized carbons (Fsp3) is 0.364. The standard InChI is InChI=1S/C11H14N4O2/c1-7(16)10(12)11-14-9(15-17-11)6-8-2-4-13-5-3-8/h2-5,7,10,16H,6,12H2,1H3. The van der Waals surface area contributed by atoms with Crippen LogP contribution in [0, 0.1) is 0 Å². The lowest BCUT2D eigenvalue weighted by atomic mass is 10.2. The molecular weight excluding hydrogens is 220 g/mol. The molecule has 3 N–H and O–H groups in total. The maximum atomic E-state index is 9.31. The van der Waals surface area contributed by atoms with Gasteiger partial charge in [-0.15, -0.1) is 0 Å². The van der Waals surface area contributed by atoms with Crippen molar-refractivity contribution in [2.24, 2.45) is 5.73 Å². The Bertz CT molecular complexity index is 469. The molecule has 0 radical (unpaired) electrons. The van der Waals surface area contributed by atoms with E-state index < -0.39 is 12.1 Å². The van der Waals surface area contributed by atoms with Gasteiger partial charge in [-0.3, -0.25) is 4.98 Å². The lowest BCUT2D eigenvalue weighted by molar-refractivity contribution is 0.146. The maximum absolute atomic E-state index is 9.31. The molecule has 0 bridgehead atoms. The van der Waals surface area contributed by atoms with Crippen LogP contribution in [0.15, 0.2) is 29.0 Å². The molecule has 2 aromatic heterocycles. The van der Waals surface area contributed by atoms with Crippen LogP contribution in [0.1, 0.15) is 30.2 Å². The highest BCUT2D eigenvalue weighted by molar-refractivity contribution is 5.14. The summed E-state index contributed by atoms with van der Waals surface area (Å²) in [6, 6.07) is 3.11. The van der Waals surface area contributed by atoms with Gasteiger partial charge in [0.2, 0.25) is 5.89 Å². The number of aliphatic hydroxyl groups excluding tert-OH is 1. The van der Waals surface area contributed by atoms with Crippen molar-refractivity contribution in [2.75, 3.05) is 0 Å². The number of aliphatic hydroxyl groups is 1. The van der Waals surface area contributed by atoms with Gasteiger partial charge < -0.3 is 15.4 Å². The SMILES string of the molecule is CC(O)C(N)c1nc(Cc2ccncc2)no1. The summed E-state index contributed by atoms with van der Waals surface area (Å²) in [4.78, 5) is 8.07. The van der Waals surface area contributed by atoms with Gasteiger partial charge in [0.05, 0.1) is 6.10 Å². The van der Waals surface area contributed by atoms with Gasteiger partial charge >= 0.3 is 0 Å². The van der Waals surface area contributed by atoms with E-state index in [1.54, 1.807) is 19.3 Å². The van der Waals surface area contributed by atoms with Crippen molar-refractivity contribution in [3.8, 4) is 0 Å². The number of aromatic nitrogens is 3. The molecule has 0 amide bonds. The molecule has 0 aromatic carbocycles. The molecule has 2 unspecified atom stereocenters. The van der Waals surface area contributed by atoms with E-state index in [1.807, 2.05) is 12.1 Å². The summed E-state index contributed by atoms with van der Waals surface area (Å²) in [5.41, 5.74) is 6.73. The molecular formula is C11H14N4O2. The first-order valence-electron chi connectivity index (χ1n) is 5.32. The summed E-state index contributed by atoms with van der Waals surface area (Å²) in [6.07, 6.45) is 3.25. The topological polar surface area (TPSA) is 98.1 Å². The number of hydrogen-bond donors (Lipinski definition) is 2. The molecule has 0 aliphatic rings. The van der Waals surface area contributed by atoms with Gasteiger partial charge in [0, 0.05) is 18.8 Å². The van der Waals surface area contributed by atoms with Crippen molar-refractivity contribution in [1.82, 2.24) is 15.1 Å². The molecule has 2 atom stereocenters. The Kier molecular flexibility index (Phi) is 3.46. The fourth-order valence-corrected chi connectivity index (χ4v) is 1.36. The van der Waals surface area contributed by atoms with Crippen LogP contribution < -0.4 is 5.73 Å². The van der Waals surface area contributed by atoms with Crippen molar-refractivity contribution in [3.05, 3.63) is 41.8 Å². The molecule has 0 saturated heterocycles. The minimum Gasteiger partial charge on any atom is -0.391 e. The van der Waals surface area contributed by atoms with Crippen LogP contribution >= 0.6 is 0 Å². The molecule has 2 rings (SSSR count). The van der Waals surface area contributed by atoms with Crippen LogP contribution in [0.3, 0.4) is 0 Å². The van der Waals surface area contributed by atoms with Crippen LogP contribution in [-0.4, -0.2) is 26.3 Å². The van der Waals surface area contributed by atoms with Crippen LogP contribution in [0.5, 0.6) is 0 Å². The molecule has 0 fully saturated rings. The average Bonchev–Trinajstić information content (AvgIpc) is 2.77. The van der Waals surface area contributed by atoms with Crippen molar-refractivity contribution < 1.29 is 9.63 Å². The Morgan fingerprint density at radius 3 is 2.76 bits per heavy atom. The number of pyridine rings is 1. The molecule has 17 heavy (non-hydrogen) atoms. The predicted octanol–water partition coefficient (Wildman–Crippen LogP) is 0.436. The van der Waals surface area contributed by atoms with Crippen LogP contribution in [0.2, 0.25) is 0 Å². The molecule has 0 aliphatic carbocycles.